The first-order chi connectivity index (χ1) is 2.91. The molecule has 0 N–H and O–H groups in total. The Labute approximate surface area is 75.2 Å². The van der Waals surface area contributed by atoms with E-state index in [0.29, 0.717) is 0 Å². The van der Waals surface area contributed by atoms with Gasteiger partial charge in [-0.25, -0.2) is 0 Å². The van der Waals surface area contributed by atoms with Gasteiger partial charge < -0.3 is 12.6 Å². The predicted octanol–water partition coefficient (Wildman–Crippen LogP) is 1.72. The van der Waals surface area contributed by atoms with Crippen molar-refractivity contribution in [1.82, 2.24) is 0 Å². The Hall–Kier alpha value is 1.40. The van der Waals surface area contributed by atoms with E-state index in [1.165, 1.54) is 19.3 Å². The molecule has 0 bridgehead atoms. The van der Waals surface area contributed by atoms with Gasteiger partial charge in [-0.15, -0.1) is 0 Å². The van der Waals surface area contributed by atoms with Gasteiger partial charge in [0.15, 0.2) is 0 Å². The van der Waals surface area contributed by atoms with Crippen molar-refractivity contribution in [2.24, 2.45) is 0 Å². The SMILES string of the molecule is CCCCC[S-].[U]. The van der Waals surface area contributed by atoms with Gasteiger partial charge in [0.2, 0.25) is 0 Å². The molecular weight excluding hydrogens is 330 g/mol. The Morgan fingerprint density at radius 2 is 1.86 bits per heavy atom. The Bertz CT molecular complexity index is 20.0. The number of rotatable bonds is 3. The van der Waals surface area contributed by atoms with Gasteiger partial charge in [-0.05, 0) is 0 Å². The second kappa shape index (κ2) is 10.4. The summed E-state index contributed by atoms with van der Waals surface area (Å²) < 4.78 is 0. The smallest absolute Gasteiger partial charge is 0 e. The van der Waals surface area contributed by atoms with E-state index in [4.69, 9.17) is 12.6 Å². The van der Waals surface area contributed by atoms with Crippen molar-refractivity contribution in [3.05, 3.63) is 0 Å². The van der Waals surface area contributed by atoms with Crippen molar-refractivity contribution in [2.75, 3.05) is 5.75 Å². The van der Waals surface area contributed by atoms with Gasteiger partial charge in [0, 0.05) is 31.1 Å². The summed E-state index contributed by atoms with van der Waals surface area (Å²) in [6.45, 7) is 2.19. The molecule has 0 atom stereocenters. The van der Waals surface area contributed by atoms with E-state index in [0.717, 1.165) is 5.75 Å². The Balaban J connectivity index is 0. The van der Waals surface area contributed by atoms with Crippen LogP contribution in [0.1, 0.15) is 26.2 Å². The third-order valence-electron chi connectivity index (χ3n) is 0.748. The van der Waals surface area contributed by atoms with E-state index in [1.807, 2.05) is 0 Å². The molecule has 0 amide bonds. The summed E-state index contributed by atoms with van der Waals surface area (Å²) in [6, 6.07) is 0. The van der Waals surface area contributed by atoms with Crippen LogP contribution in [0.5, 0.6) is 0 Å². The largest absolute Gasteiger partial charge is 0.793 e. The Morgan fingerprint density at radius 3 is 2.00 bits per heavy atom. The molecule has 0 fully saturated rings. The molecule has 0 saturated heterocycles. The molecule has 0 aliphatic rings. The molecule has 0 radical (unpaired) electrons. The fraction of sp³-hybridized carbons (Fsp3) is 1.00. The van der Waals surface area contributed by atoms with E-state index in [-0.39, 0.29) is 31.1 Å². The van der Waals surface area contributed by atoms with Gasteiger partial charge in [-0.3, -0.25) is 0 Å². The molecule has 0 rings (SSSR count). The van der Waals surface area contributed by atoms with Crippen molar-refractivity contribution in [2.45, 2.75) is 26.2 Å². The van der Waals surface area contributed by atoms with Gasteiger partial charge in [0.05, 0.1) is 0 Å². The van der Waals surface area contributed by atoms with Crippen LogP contribution in [0, 0.1) is 31.1 Å². The molecule has 0 saturated carbocycles. The summed E-state index contributed by atoms with van der Waals surface area (Å²) >= 11 is 4.72. The minimum absolute atomic E-state index is 0. The van der Waals surface area contributed by atoms with E-state index in [1.54, 1.807) is 0 Å². The summed E-state index contributed by atoms with van der Waals surface area (Å²) in [7, 11) is 0. The van der Waals surface area contributed by atoms with Crippen LogP contribution in [0.25, 0.3) is 0 Å². The molecule has 0 aromatic rings. The molecule has 0 aromatic heterocycles. The molecule has 42 valence electrons. The number of hydrogen-bond acceptors (Lipinski definition) is 1. The van der Waals surface area contributed by atoms with Crippen molar-refractivity contribution in [1.29, 1.82) is 0 Å². The molecule has 7 heavy (non-hydrogen) atoms. The van der Waals surface area contributed by atoms with Gasteiger partial charge >= 0.3 is 0 Å². The van der Waals surface area contributed by atoms with Gasteiger partial charge in [-0.1, -0.05) is 26.2 Å². The van der Waals surface area contributed by atoms with Crippen LogP contribution in [0.15, 0.2) is 0 Å². The summed E-state index contributed by atoms with van der Waals surface area (Å²) in [5, 5.41) is 0. The normalized spacial score (nSPS) is 7.71. The van der Waals surface area contributed by atoms with Gasteiger partial charge in [0.25, 0.3) is 0 Å². The molecule has 2 heteroatoms. The molecule has 0 heterocycles. The maximum atomic E-state index is 4.72. The van der Waals surface area contributed by atoms with Crippen LogP contribution in [0.2, 0.25) is 0 Å². The minimum atomic E-state index is 0. The van der Waals surface area contributed by atoms with Crippen LogP contribution >= 0.6 is 0 Å². The first kappa shape index (κ1) is 11.2. The van der Waals surface area contributed by atoms with E-state index < -0.39 is 0 Å². The van der Waals surface area contributed by atoms with Crippen LogP contribution in [-0.4, -0.2) is 5.75 Å². The summed E-state index contributed by atoms with van der Waals surface area (Å²) in [4.78, 5) is 0. The third kappa shape index (κ3) is 11.1. The first-order valence-corrected chi connectivity index (χ1v) is 3.07. The zero-order valence-corrected chi connectivity index (χ0v) is 9.72. The van der Waals surface area contributed by atoms with E-state index in [2.05, 4.69) is 6.92 Å². The average molecular weight is 341 g/mol. The fourth-order valence-electron chi connectivity index (χ4n) is 0.352. The predicted molar refractivity (Wildman–Crippen MR) is 31.8 cm³/mol. The standard InChI is InChI=1S/C5H12S.U/c1-2-3-4-5-6;/h6H,2-5H2,1H3;/p-1. The van der Waals surface area contributed by atoms with Crippen LogP contribution < -0.4 is 0 Å². The summed E-state index contributed by atoms with van der Waals surface area (Å²) in [6.07, 6.45) is 3.83. The molecule has 0 spiro atoms. The van der Waals surface area contributed by atoms with Crippen LogP contribution in [0.4, 0.5) is 0 Å². The van der Waals surface area contributed by atoms with Gasteiger partial charge in [0.1, 0.15) is 0 Å². The van der Waals surface area contributed by atoms with Crippen molar-refractivity contribution in [3.8, 4) is 0 Å². The molecule has 0 aliphatic carbocycles. The van der Waals surface area contributed by atoms with Crippen LogP contribution in [-0.2, 0) is 12.6 Å². The van der Waals surface area contributed by atoms with Crippen molar-refractivity contribution in [3.63, 3.8) is 0 Å². The number of unbranched alkanes of at least 4 members (excludes halogenated alkanes) is 2. The second-order valence-electron chi connectivity index (χ2n) is 1.41. The fourth-order valence-corrected chi connectivity index (χ4v) is 0.556. The van der Waals surface area contributed by atoms with Crippen LogP contribution in [0.3, 0.4) is 0 Å². The monoisotopic (exact) mass is 341 g/mol. The van der Waals surface area contributed by atoms with E-state index >= 15 is 0 Å². The third-order valence-corrected chi connectivity index (χ3v) is 1.04. The average Bonchev–Trinajstić information content (AvgIpc) is 1.61. The Kier molecular flexibility index (Phi) is 16.7. The first-order valence-electron chi connectivity index (χ1n) is 2.50. The molecule has 0 nitrogen and oxygen atoms in total. The topological polar surface area (TPSA) is 0 Å². The summed E-state index contributed by atoms with van der Waals surface area (Å²) in [5.41, 5.74) is 0. The maximum Gasteiger partial charge on any atom is 0 e. The molecule has 0 unspecified atom stereocenters. The van der Waals surface area contributed by atoms with Crippen molar-refractivity contribution >= 4 is 12.6 Å². The van der Waals surface area contributed by atoms with E-state index in [9.17, 15) is 0 Å². The maximum absolute atomic E-state index is 4.72. The zero-order chi connectivity index (χ0) is 4.83. The quantitative estimate of drug-likeness (QED) is 0.557. The zero-order valence-electron chi connectivity index (χ0n) is 4.74. The minimum Gasteiger partial charge on any atom is -0.793 e. The second-order valence-corrected chi connectivity index (χ2v) is 1.82. The molecular formula is C5H11SU-. The van der Waals surface area contributed by atoms with Crippen molar-refractivity contribution < 1.29 is 31.1 Å². The number of hydrogen-bond donors (Lipinski definition) is 0. The molecule has 0 aliphatic heterocycles. The molecule has 0 aromatic carbocycles. The van der Waals surface area contributed by atoms with Gasteiger partial charge in [-0.2, -0.15) is 5.75 Å². The Morgan fingerprint density at radius 1 is 1.29 bits per heavy atom. The summed E-state index contributed by atoms with van der Waals surface area (Å²) in [5.74, 6) is 0.938.